The molecule has 1 aromatic rings. The Hall–Kier alpha value is -1.00. The van der Waals surface area contributed by atoms with Crippen LogP contribution in [0.15, 0.2) is 23.1 Å². The highest BCUT2D eigenvalue weighted by molar-refractivity contribution is 7.99. The van der Waals surface area contributed by atoms with Gasteiger partial charge in [-0.05, 0) is 35.8 Å². The molecule has 1 heterocycles. The van der Waals surface area contributed by atoms with Gasteiger partial charge in [0.2, 0.25) is 0 Å². The van der Waals surface area contributed by atoms with E-state index in [9.17, 15) is 4.79 Å². The Morgan fingerprint density at radius 1 is 1.53 bits per heavy atom. The van der Waals surface area contributed by atoms with Gasteiger partial charge in [0.1, 0.15) is 6.04 Å². The molecule has 0 aliphatic carbocycles. The Labute approximate surface area is 92.7 Å². The summed E-state index contributed by atoms with van der Waals surface area (Å²) in [5.74, 6) is 0.134. The normalized spacial score (nSPS) is 16.9. The van der Waals surface area contributed by atoms with Crippen molar-refractivity contribution in [3.8, 4) is 0 Å². The number of hydrogen-bond acceptors (Lipinski definition) is 3. The van der Waals surface area contributed by atoms with Crippen LogP contribution in [0.2, 0.25) is 0 Å². The molecule has 3 nitrogen and oxygen atoms in total. The molecule has 15 heavy (non-hydrogen) atoms. The third-order valence-corrected chi connectivity index (χ3v) is 3.75. The molecule has 1 aromatic carbocycles. The van der Waals surface area contributed by atoms with Crippen molar-refractivity contribution >= 4 is 17.7 Å². The van der Waals surface area contributed by atoms with Crippen LogP contribution in [0.3, 0.4) is 0 Å². The predicted molar refractivity (Wildman–Crippen MR) is 60.1 cm³/mol. The smallest absolute Gasteiger partial charge is 0.325 e. The van der Waals surface area contributed by atoms with Gasteiger partial charge in [0.05, 0.1) is 0 Å². The minimum absolute atomic E-state index is 0.690. The first kappa shape index (κ1) is 10.5. The maximum atomic E-state index is 10.7. The summed E-state index contributed by atoms with van der Waals surface area (Å²) in [7, 11) is 0. The van der Waals surface area contributed by atoms with E-state index in [0.717, 1.165) is 12.2 Å². The average Bonchev–Trinajstić information content (AvgIpc) is 2.27. The van der Waals surface area contributed by atoms with E-state index in [4.69, 9.17) is 10.8 Å². The van der Waals surface area contributed by atoms with E-state index in [0.29, 0.717) is 5.56 Å². The summed E-state index contributed by atoms with van der Waals surface area (Å²) in [6.07, 6.45) is 2.28. The van der Waals surface area contributed by atoms with Gasteiger partial charge in [-0.25, -0.2) is 0 Å². The molecule has 3 N–H and O–H groups in total. The van der Waals surface area contributed by atoms with Crippen molar-refractivity contribution < 1.29 is 9.90 Å². The zero-order chi connectivity index (χ0) is 10.8. The van der Waals surface area contributed by atoms with E-state index >= 15 is 0 Å². The monoisotopic (exact) mass is 223 g/mol. The fraction of sp³-hybridized carbons (Fsp3) is 0.364. The molecule has 80 valence electrons. The number of aryl methyl sites for hydroxylation is 1. The summed E-state index contributed by atoms with van der Waals surface area (Å²) < 4.78 is 0. The number of rotatable bonds is 2. The maximum absolute atomic E-state index is 10.7. The van der Waals surface area contributed by atoms with Gasteiger partial charge in [0, 0.05) is 4.90 Å². The minimum Gasteiger partial charge on any atom is -0.480 e. The molecular formula is C11H13NO2S. The van der Waals surface area contributed by atoms with Crippen molar-refractivity contribution in [1.29, 1.82) is 0 Å². The van der Waals surface area contributed by atoms with Crippen LogP contribution in [0.25, 0.3) is 0 Å². The second kappa shape index (κ2) is 4.24. The van der Waals surface area contributed by atoms with E-state index < -0.39 is 12.0 Å². The largest absolute Gasteiger partial charge is 0.480 e. The fourth-order valence-electron chi connectivity index (χ4n) is 1.69. The second-order valence-corrected chi connectivity index (χ2v) is 4.77. The van der Waals surface area contributed by atoms with Crippen LogP contribution in [-0.4, -0.2) is 16.8 Å². The molecule has 0 fully saturated rings. The molecule has 0 radical (unpaired) electrons. The predicted octanol–water partition coefficient (Wildman–Crippen LogP) is 1.81. The Bertz CT molecular complexity index is 392. The maximum Gasteiger partial charge on any atom is 0.325 e. The second-order valence-electron chi connectivity index (χ2n) is 3.64. The highest BCUT2D eigenvalue weighted by Gasteiger charge is 2.17. The number of thioether (sulfide) groups is 1. The summed E-state index contributed by atoms with van der Waals surface area (Å²) in [6, 6.07) is 4.83. The highest BCUT2D eigenvalue weighted by Crippen LogP contribution is 2.31. The minimum atomic E-state index is -0.976. The number of fused-ring (bicyclic) bond motifs is 1. The zero-order valence-electron chi connectivity index (χ0n) is 8.27. The molecule has 0 amide bonds. The Morgan fingerprint density at radius 3 is 3.07 bits per heavy atom. The summed E-state index contributed by atoms with van der Waals surface area (Å²) in [5, 5.41) is 8.81. The van der Waals surface area contributed by atoms with Gasteiger partial charge in [-0.1, -0.05) is 12.1 Å². The molecule has 0 aromatic heterocycles. The van der Waals surface area contributed by atoms with Crippen molar-refractivity contribution in [1.82, 2.24) is 0 Å². The molecule has 0 saturated carbocycles. The van der Waals surface area contributed by atoms with E-state index in [-0.39, 0.29) is 0 Å². The Balaban J connectivity index is 2.31. The first-order valence-electron chi connectivity index (χ1n) is 4.92. The first-order valence-corrected chi connectivity index (χ1v) is 5.91. The summed E-state index contributed by atoms with van der Waals surface area (Å²) >= 11 is 1.78. The molecule has 4 heteroatoms. The van der Waals surface area contributed by atoms with Crippen molar-refractivity contribution in [2.45, 2.75) is 23.8 Å². The summed E-state index contributed by atoms with van der Waals surface area (Å²) in [4.78, 5) is 11.9. The van der Waals surface area contributed by atoms with Crippen LogP contribution in [0.4, 0.5) is 0 Å². The molecule has 1 atom stereocenters. The van der Waals surface area contributed by atoms with Crippen molar-refractivity contribution in [3.05, 3.63) is 29.3 Å². The third kappa shape index (κ3) is 2.16. The molecule has 1 aliphatic rings. The number of nitrogens with two attached hydrogens (primary N) is 1. The van der Waals surface area contributed by atoms with E-state index in [2.05, 4.69) is 0 Å². The first-order chi connectivity index (χ1) is 7.18. The lowest BCUT2D eigenvalue weighted by Crippen LogP contribution is -2.20. The number of carboxylic acid groups (broad SMARTS) is 1. The Kier molecular flexibility index (Phi) is 2.98. The lowest BCUT2D eigenvalue weighted by molar-refractivity contribution is -0.138. The lowest BCUT2D eigenvalue weighted by atomic mass is 10.0. The van der Waals surface area contributed by atoms with Crippen LogP contribution in [-0.2, 0) is 11.2 Å². The van der Waals surface area contributed by atoms with Gasteiger partial charge in [0.15, 0.2) is 0 Å². The van der Waals surface area contributed by atoms with E-state index in [1.54, 1.807) is 11.8 Å². The SMILES string of the molecule is NC(C(=O)O)c1ccc2c(c1)SCCC2. The topological polar surface area (TPSA) is 63.3 Å². The number of carbonyl (C=O) groups is 1. The average molecular weight is 223 g/mol. The third-order valence-electron chi connectivity index (χ3n) is 2.56. The Morgan fingerprint density at radius 2 is 2.33 bits per heavy atom. The van der Waals surface area contributed by atoms with E-state index in [1.165, 1.54) is 16.9 Å². The van der Waals surface area contributed by atoms with Gasteiger partial charge in [0.25, 0.3) is 0 Å². The van der Waals surface area contributed by atoms with Gasteiger partial charge in [-0.2, -0.15) is 0 Å². The molecule has 1 aliphatic heterocycles. The van der Waals surface area contributed by atoms with Crippen LogP contribution in [0, 0.1) is 0 Å². The zero-order valence-corrected chi connectivity index (χ0v) is 9.09. The lowest BCUT2D eigenvalue weighted by Gasteiger charge is -2.17. The summed E-state index contributed by atoms with van der Waals surface area (Å²) in [5.41, 5.74) is 7.57. The molecule has 0 spiro atoms. The van der Waals surface area contributed by atoms with Crippen LogP contribution in [0.1, 0.15) is 23.6 Å². The summed E-state index contributed by atoms with van der Waals surface area (Å²) in [6.45, 7) is 0. The van der Waals surface area contributed by atoms with Crippen molar-refractivity contribution in [3.63, 3.8) is 0 Å². The van der Waals surface area contributed by atoms with Crippen LogP contribution in [0.5, 0.6) is 0 Å². The fourth-order valence-corrected chi connectivity index (χ4v) is 2.78. The molecule has 2 rings (SSSR count). The van der Waals surface area contributed by atoms with Gasteiger partial charge >= 0.3 is 5.97 Å². The number of aliphatic carboxylic acids is 1. The van der Waals surface area contributed by atoms with Crippen LogP contribution >= 0.6 is 11.8 Å². The molecular weight excluding hydrogens is 210 g/mol. The van der Waals surface area contributed by atoms with Crippen LogP contribution < -0.4 is 5.73 Å². The quantitative estimate of drug-likeness (QED) is 0.802. The molecule has 0 saturated heterocycles. The number of carboxylic acids is 1. The van der Waals surface area contributed by atoms with Crippen molar-refractivity contribution in [2.24, 2.45) is 5.73 Å². The number of hydrogen-bond donors (Lipinski definition) is 2. The standard InChI is InChI=1S/C11H13NO2S/c12-10(11(13)14)8-4-3-7-2-1-5-15-9(7)6-8/h3-4,6,10H,1-2,5,12H2,(H,13,14). The molecule has 0 bridgehead atoms. The van der Waals surface area contributed by atoms with E-state index in [1.807, 2.05) is 18.2 Å². The highest BCUT2D eigenvalue weighted by atomic mass is 32.2. The van der Waals surface area contributed by atoms with Gasteiger partial charge < -0.3 is 10.8 Å². The number of benzene rings is 1. The molecule has 1 unspecified atom stereocenters. The van der Waals surface area contributed by atoms with Crippen molar-refractivity contribution in [2.75, 3.05) is 5.75 Å². The van der Waals surface area contributed by atoms with Gasteiger partial charge in [-0.3, -0.25) is 4.79 Å². The van der Waals surface area contributed by atoms with Gasteiger partial charge in [-0.15, -0.1) is 11.8 Å².